The number of hydrogen-bond donors (Lipinski definition) is 1. The summed E-state index contributed by atoms with van der Waals surface area (Å²) in [4.78, 5) is 2.55. The van der Waals surface area contributed by atoms with Crippen LogP contribution in [0.3, 0.4) is 0 Å². The van der Waals surface area contributed by atoms with Gasteiger partial charge < -0.3 is 5.32 Å². The Balaban J connectivity index is 1.68. The van der Waals surface area contributed by atoms with Gasteiger partial charge in [0, 0.05) is 18.8 Å². The van der Waals surface area contributed by atoms with Crippen LogP contribution in [0.25, 0.3) is 0 Å². The van der Waals surface area contributed by atoms with Crippen molar-refractivity contribution in [2.24, 2.45) is 11.8 Å². The van der Waals surface area contributed by atoms with Gasteiger partial charge in [-0.1, -0.05) is 13.8 Å². The molecule has 0 amide bonds. The summed E-state index contributed by atoms with van der Waals surface area (Å²) in [5.41, 5.74) is 1.21. The summed E-state index contributed by atoms with van der Waals surface area (Å²) in [6.45, 7) is 14.6. The highest BCUT2D eigenvalue weighted by Gasteiger charge is 2.19. The molecule has 1 fully saturated rings. The number of piperidine rings is 1. The summed E-state index contributed by atoms with van der Waals surface area (Å²) in [5.74, 6) is 1.61. The van der Waals surface area contributed by atoms with Crippen molar-refractivity contribution in [3.05, 3.63) is 18.0 Å². The summed E-state index contributed by atoms with van der Waals surface area (Å²) in [7, 11) is 0. The molecule has 1 aliphatic rings. The van der Waals surface area contributed by atoms with Crippen molar-refractivity contribution in [3.63, 3.8) is 0 Å². The number of nitrogens with one attached hydrogen (secondary N) is 1. The fourth-order valence-electron chi connectivity index (χ4n) is 2.90. The largest absolute Gasteiger partial charge is 0.316 e. The molecule has 21 heavy (non-hydrogen) atoms. The zero-order chi connectivity index (χ0) is 15.2. The maximum Gasteiger partial charge on any atom is 0.0764 e. The summed E-state index contributed by atoms with van der Waals surface area (Å²) in [5, 5.41) is 8.26. The predicted molar refractivity (Wildman–Crippen MR) is 88.3 cm³/mol. The van der Waals surface area contributed by atoms with Gasteiger partial charge in [-0.3, -0.25) is 9.58 Å². The van der Waals surface area contributed by atoms with Crippen molar-refractivity contribution < 1.29 is 0 Å². The maximum absolute atomic E-state index is 4.65. The first-order valence-electron chi connectivity index (χ1n) is 8.51. The van der Waals surface area contributed by atoms with E-state index < -0.39 is 0 Å². The van der Waals surface area contributed by atoms with Crippen LogP contribution in [0.1, 0.15) is 52.3 Å². The standard InChI is InChI=1S/C17H32N4/c1-14(2)11-18-12-16-5-8-20(9-6-16)13-17-7-10-21(19-17)15(3)4/h7,10,14-16,18H,5-6,8-9,11-13H2,1-4H3. The molecule has 2 rings (SSSR count). The molecule has 1 aliphatic heterocycles. The topological polar surface area (TPSA) is 33.1 Å². The van der Waals surface area contributed by atoms with Gasteiger partial charge in [-0.15, -0.1) is 0 Å². The molecule has 1 aromatic rings. The van der Waals surface area contributed by atoms with Gasteiger partial charge in [0.05, 0.1) is 5.69 Å². The fourth-order valence-corrected chi connectivity index (χ4v) is 2.90. The normalized spacial score (nSPS) is 18.0. The Morgan fingerprint density at radius 3 is 2.52 bits per heavy atom. The molecule has 4 heteroatoms. The molecule has 4 nitrogen and oxygen atoms in total. The van der Waals surface area contributed by atoms with E-state index in [0.29, 0.717) is 6.04 Å². The third kappa shape index (κ3) is 5.44. The molecule has 2 heterocycles. The van der Waals surface area contributed by atoms with Crippen LogP contribution in [0.4, 0.5) is 0 Å². The first-order valence-corrected chi connectivity index (χ1v) is 8.51. The quantitative estimate of drug-likeness (QED) is 0.839. The van der Waals surface area contributed by atoms with Crippen molar-refractivity contribution in [2.45, 2.75) is 53.1 Å². The predicted octanol–water partition coefficient (Wildman–Crippen LogP) is 2.92. The van der Waals surface area contributed by atoms with E-state index in [2.05, 4.69) is 60.0 Å². The van der Waals surface area contributed by atoms with Crippen LogP contribution in [0, 0.1) is 11.8 Å². The summed E-state index contributed by atoms with van der Waals surface area (Å²) in [6.07, 6.45) is 4.73. The first kappa shape index (κ1) is 16.5. The van der Waals surface area contributed by atoms with Crippen LogP contribution < -0.4 is 5.32 Å². The summed E-state index contributed by atoms with van der Waals surface area (Å²) in [6, 6.07) is 2.62. The Labute approximate surface area is 129 Å². The zero-order valence-corrected chi connectivity index (χ0v) is 14.2. The number of rotatable bonds is 7. The Hall–Kier alpha value is -0.870. The van der Waals surface area contributed by atoms with Crippen molar-refractivity contribution >= 4 is 0 Å². The average molecular weight is 292 g/mol. The van der Waals surface area contributed by atoms with E-state index in [-0.39, 0.29) is 0 Å². The minimum Gasteiger partial charge on any atom is -0.316 e. The van der Waals surface area contributed by atoms with Crippen LogP contribution in [0.2, 0.25) is 0 Å². The number of nitrogens with zero attached hydrogens (tertiary/aromatic N) is 3. The molecule has 0 saturated carbocycles. The number of aromatic nitrogens is 2. The molecule has 0 radical (unpaired) electrons. The Morgan fingerprint density at radius 2 is 1.95 bits per heavy atom. The lowest BCUT2D eigenvalue weighted by molar-refractivity contribution is 0.173. The average Bonchev–Trinajstić information content (AvgIpc) is 2.89. The maximum atomic E-state index is 4.65. The zero-order valence-electron chi connectivity index (χ0n) is 14.2. The Morgan fingerprint density at radius 1 is 1.24 bits per heavy atom. The SMILES string of the molecule is CC(C)CNCC1CCN(Cc2ccn(C(C)C)n2)CC1. The lowest BCUT2D eigenvalue weighted by atomic mass is 9.96. The molecule has 0 spiro atoms. The van der Waals surface area contributed by atoms with Crippen LogP contribution in [-0.4, -0.2) is 40.9 Å². The van der Waals surface area contributed by atoms with Gasteiger partial charge in [0.15, 0.2) is 0 Å². The molecule has 0 unspecified atom stereocenters. The Kier molecular flexibility index (Phi) is 6.24. The van der Waals surface area contributed by atoms with E-state index in [1.54, 1.807) is 0 Å². The highest BCUT2D eigenvalue weighted by atomic mass is 15.3. The van der Waals surface area contributed by atoms with Gasteiger partial charge in [0.2, 0.25) is 0 Å². The van der Waals surface area contributed by atoms with Crippen molar-refractivity contribution in [1.82, 2.24) is 20.0 Å². The van der Waals surface area contributed by atoms with Crippen molar-refractivity contribution in [3.8, 4) is 0 Å². The molecule has 1 N–H and O–H groups in total. The molecule has 120 valence electrons. The highest BCUT2D eigenvalue weighted by Crippen LogP contribution is 2.18. The smallest absolute Gasteiger partial charge is 0.0764 e. The van der Waals surface area contributed by atoms with E-state index in [9.17, 15) is 0 Å². The minimum atomic E-state index is 0.455. The molecule has 1 saturated heterocycles. The van der Waals surface area contributed by atoms with E-state index in [0.717, 1.165) is 24.9 Å². The number of likely N-dealkylation sites (tertiary alicyclic amines) is 1. The van der Waals surface area contributed by atoms with Gasteiger partial charge in [0.1, 0.15) is 0 Å². The van der Waals surface area contributed by atoms with Crippen LogP contribution >= 0.6 is 0 Å². The van der Waals surface area contributed by atoms with Crippen LogP contribution in [0.15, 0.2) is 12.3 Å². The van der Waals surface area contributed by atoms with Gasteiger partial charge >= 0.3 is 0 Å². The minimum absolute atomic E-state index is 0.455. The third-order valence-electron chi connectivity index (χ3n) is 4.27. The second kappa shape index (κ2) is 7.95. The van der Waals surface area contributed by atoms with Gasteiger partial charge in [-0.05, 0) is 70.8 Å². The molecule has 0 atom stereocenters. The molecule has 0 aliphatic carbocycles. The first-order chi connectivity index (χ1) is 10.0. The fraction of sp³-hybridized carbons (Fsp3) is 0.824. The van der Waals surface area contributed by atoms with E-state index in [1.807, 2.05) is 0 Å². The van der Waals surface area contributed by atoms with Gasteiger partial charge in [0.25, 0.3) is 0 Å². The monoisotopic (exact) mass is 292 g/mol. The molecule has 1 aromatic heterocycles. The van der Waals surface area contributed by atoms with E-state index in [4.69, 9.17) is 0 Å². The van der Waals surface area contributed by atoms with Gasteiger partial charge in [-0.25, -0.2) is 0 Å². The molecular weight excluding hydrogens is 260 g/mol. The molecule has 0 bridgehead atoms. The second-order valence-electron chi connectivity index (χ2n) is 7.15. The third-order valence-corrected chi connectivity index (χ3v) is 4.27. The van der Waals surface area contributed by atoms with Crippen LogP contribution in [0.5, 0.6) is 0 Å². The van der Waals surface area contributed by atoms with Crippen molar-refractivity contribution in [2.75, 3.05) is 26.2 Å². The lowest BCUT2D eigenvalue weighted by Crippen LogP contribution is -2.37. The van der Waals surface area contributed by atoms with E-state index in [1.165, 1.54) is 38.2 Å². The molecule has 0 aromatic carbocycles. The summed E-state index contributed by atoms with van der Waals surface area (Å²) >= 11 is 0. The molecular formula is C17H32N4. The van der Waals surface area contributed by atoms with E-state index >= 15 is 0 Å². The van der Waals surface area contributed by atoms with Crippen molar-refractivity contribution in [1.29, 1.82) is 0 Å². The van der Waals surface area contributed by atoms with Crippen LogP contribution in [-0.2, 0) is 6.54 Å². The van der Waals surface area contributed by atoms with Gasteiger partial charge in [-0.2, -0.15) is 5.10 Å². The summed E-state index contributed by atoms with van der Waals surface area (Å²) < 4.78 is 2.05. The number of hydrogen-bond acceptors (Lipinski definition) is 3. The lowest BCUT2D eigenvalue weighted by Gasteiger charge is -2.31. The second-order valence-corrected chi connectivity index (χ2v) is 7.15. The highest BCUT2D eigenvalue weighted by molar-refractivity contribution is 4.99. The Bertz CT molecular complexity index is 403.